The molecule has 290 valence electrons. The maximum absolute atomic E-state index is 11.1. The molecule has 0 aliphatic carbocycles. The Labute approximate surface area is 340 Å². The summed E-state index contributed by atoms with van der Waals surface area (Å²) in [7, 11) is 1.44. The molecule has 2 amide bonds. The second-order valence-electron chi connectivity index (χ2n) is 10.8. The van der Waals surface area contributed by atoms with Crippen LogP contribution in [0.25, 0.3) is 0 Å². The summed E-state index contributed by atoms with van der Waals surface area (Å²) in [5.74, 6) is -1.95. The molecule has 4 rings (SSSR count). The maximum atomic E-state index is 11.1. The Morgan fingerprint density at radius 3 is 1.38 bits per heavy atom. The van der Waals surface area contributed by atoms with Gasteiger partial charge in [-0.05, 0) is 91.2 Å². The number of hydrogen-bond donors (Lipinski definition) is 8. The second-order valence-corrected chi connectivity index (χ2v) is 12.8. The first kappa shape index (κ1) is 43.8. The molecule has 0 fully saturated rings. The van der Waals surface area contributed by atoms with Gasteiger partial charge >= 0.3 is 11.9 Å². The van der Waals surface area contributed by atoms with E-state index in [-0.39, 0.29) is 43.6 Å². The molecular weight excluding hydrogens is 819 g/mol. The first-order valence-electron chi connectivity index (χ1n) is 15.5. The highest BCUT2D eigenvalue weighted by molar-refractivity contribution is 7.81. The van der Waals surface area contributed by atoms with Gasteiger partial charge in [-0.25, -0.2) is 9.59 Å². The molecule has 8 N–H and O–H groups in total. The third-order valence-electron chi connectivity index (χ3n) is 6.38. The number of anilines is 6. The smallest absolute Gasteiger partial charge is 0.341 e. The molecule has 0 bridgehead atoms. The second kappa shape index (κ2) is 21.3. The number of nitrogens with one attached hydrogen (secondary N) is 6. The standard InChI is InChI=1S/C18H18ClN3O5S.C17H15Cl2N3O4S/c1-10(23)20-11-3-5-12(6-4-11)21-18(28)22-14-7-13(19)15(26-2)8-16(14)27-9-17(24)25;1-9(23)20-10-2-4-11(5-3-10)21-17(27)22-12-6-13(18)16(14(19)7-12)26-8-15(24)25/h3-8H,9H2,1-2H3,(H,20,23)(H,24,25)(H2,21,22,28);2-7H,8H2,1H3,(H,20,23)(H,24,25)(H2,21,22,27). The molecule has 0 aromatic heterocycles. The zero-order valence-electron chi connectivity index (χ0n) is 29.0. The minimum atomic E-state index is -1.14. The zero-order valence-corrected chi connectivity index (χ0v) is 32.9. The Hall–Kier alpha value is -5.59. The van der Waals surface area contributed by atoms with Gasteiger partial charge in [0.05, 0.1) is 27.9 Å². The predicted octanol–water partition coefficient (Wildman–Crippen LogP) is 7.80. The highest BCUT2D eigenvalue weighted by atomic mass is 35.5. The fraction of sp³-hybridized carbons (Fsp3) is 0.143. The third-order valence-corrected chi connectivity index (χ3v) is 7.64. The molecule has 0 aliphatic heterocycles. The summed E-state index contributed by atoms with van der Waals surface area (Å²) in [4.78, 5) is 43.5. The van der Waals surface area contributed by atoms with E-state index in [1.54, 1.807) is 48.5 Å². The van der Waals surface area contributed by atoms with Crippen molar-refractivity contribution in [3.05, 3.63) is 87.9 Å². The van der Waals surface area contributed by atoms with Crippen LogP contribution >= 0.6 is 59.2 Å². The lowest BCUT2D eigenvalue weighted by Gasteiger charge is -2.16. The average Bonchev–Trinajstić information content (AvgIpc) is 3.09. The lowest BCUT2D eigenvalue weighted by atomic mass is 10.2. The number of benzene rings is 4. The van der Waals surface area contributed by atoms with Crippen LogP contribution in [0.3, 0.4) is 0 Å². The van der Waals surface area contributed by atoms with Crippen molar-refractivity contribution in [1.29, 1.82) is 0 Å². The van der Waals surface area contributed by atoms with Gasteiger partial charge in [0.2, 0.25) is 11.8 Å². The number of methoxy groups -OCH3 is 1. The number of rotatable bonds is 13. The number of carbonyl (C=O) groups excluding carboxylic acids is 2. The molecule has 0 atom stereocenters. The van der Waals surface area contributed by atoms with E-state index < -0.39 is 25.2 Å². The van der Waals surface area contributed by atoms with E-state index in [4.69, 9.17) is 83.7 Å². The van der Waals surface area contributed by atoms with Gasteiger partial charge in [0, 0.05) is 48.4 Å². The summed E-state index contributed by atoms with van der Waals surface area (Å²) < 4.78 is 15.4. The number of hydrogen-bond acceptors (Lipinski definition) is 9. The van der Waals surface area contributed by atoms with Crippen LogP contribution in [0.1, 0.15) is 13.8 Å². The van der Waals surface area contributed by atoms with Crippen LogP contribution in [-0.4, -0.2) is 64.5 Å². The molecule has 0 heterocycles. The van der Waals surface area contributed by atoms with Crippen molar-refractivity contribution < 1.29 is 43.6 Å². The highest BCUT2D eigenvalue weighted by Crippen LogP contribution is 2.37. The zero-order chi connectivity index (χ0) is 40.7. The van der Waals surface area contributed by atoms with Crippen molar-refractivity contribution in [1.82, 2.24) is 0 Å². The van der Waals surface area contributed by atoms with Crippen LogP contribution in [0.5, 0.6) is 17.2 Å². The van der Waals surface area contributed by atoms with Crippen molar-refractivity contribution in [3.8, 4) is 17.2 Å². The molecule has 0 radical (unpaired) electrons. The van der Waals surface area contributed by atoms with Crippen molar-refractivity contribution in [2.45, 2.75) is 13.8 Å². The van der Waals surface area contributed by atoms with Crippen molar-refractivity contribution >= 4 is 127 Å². The molecule has 4 aromatic carbocycles. The van der Waals surface area contributed by atoms with Gasteiger partial charge in [0.25, 0.3) is 0 Å². The number of carboxylic acid groups (broad SMARTS) is 2. The summed E-state index contributed by atoms with van der Waals surface area (Å²) in [5.41, 5.74) is 3.59. The number of amides is 2. The Morgan fingerprint density at radius 1 is 0.564 bits per heavy atom. The first-order valence-corrected chi connectivity index (χ1v) is 17.4. The van der Waals surface area contributed by atoms with E-state index in [0.29, 0.717) is 44.9 Å². The predicted molar refractivity (Wildman–Crippen MR) is 222 cm³/mol. The van der Waals surface area contributed by atoms with Gasteiger partial charge in [-0.2, -0.15) is 0 Å². The monoisotopic (exact) mass is 850 g/mol. The van der Waals surface area contributed by atoms with Gasteiger partial charge in [0.15, 0.2) is 29.2 Å². The van der Waals surface area contributed by atoms with E-state index in [1.807, 2.05) is 0 Å². The molecule has 0 spiro atoms. The Bertz CT molecular complexity index is 2030. The van der Waals surface area contributed by atoms with Gasteiger partial charge < -0.3 is 56.3 Å². The van der Waals surface area contributed by atoms with Crippen LogP contribution in [-0.2, 0) is 19.2 Å². The molecule has 0 unspecified atom stereocenters. The third kappa shape index (κ3) is 15.4. The fourth-order valence-electron chi connectivity index (χ4n) is 4.21. The van der Waals surface area contributed by atoms with Crippen LogP contribution in [0.15, 0.2) is 72.8 Å². The fourth-order valence-corrected chi connectivity index (χ4v) is 5.51. The minimum Gasteiger partial charge on any atom is -0.495 e. The molecule has 4 aromatic rings. The van der Waals surface area contributed by atoms with Crippen molar-refractivity contribution in [2.24, 2.45) is 0 Å². The summed E-state index contributed by atoms with van der Waals surface area (Å²) in [6.45, 7) is 1.76. The molecule has 20 heteroatoms. The number of ether oxygens (including phenoxy) is 3. The van der Waals surface area contributed by atoms with Crippen LogP contribution < -0.4 is 46.1 Å². The van der Waals surface area contributed by atoms with E-state index in [0.717, 1.165) is 0 Å². The SMILES string of the molecule is CC(=O)Nc1ccc(NC(=S)Nc2cc(Cl)c(OCC(=O)O)c(Cl)c2)cc1.COc1cc(OCC(=O)O)c(NC(=S)Nc2ccc(NC(C)=O)cc2)cc1Cl. The van der Waals surface area contributed by atoms with Gasteiger partial charge in [0.1, 0.15) is 11.5 Å². The Morgan fingerprint density at radius 2 is 0.964 bits per heavy atom. The molecule has 15 nitrogen and oxygen atoms in total. The lowest BCUT2D eigenvalue weighted by Crippen LogP contribution is -2.20. The van der Waals surface area contributed by atoms with Crippen molar-refractivity contribution in [2.75, 3.05) is 52.2 Å². The number of halogens is 3. The summed E-state index contributed by atoms with van der Waals surface area (Å²) in [5, 5.41) is 35.7. The number of aliphatic carboxylic acids is 2. The van der Waals surface area contributed by atoms with Gasteiger partial charge in [-0.3, -0.25) is 9.59 Å². The van der Waals surface area contributed by atoms with Crippen LogP contribution in [0, 0.1) is 0 Å². The average molecular weight is 852 g/mol. The molecule has 0 saturated carbocycles. The van der Waals surface area contributed by atoms with Gasteiger partial charge in [-0.15, -0.1) is 0 Å². The van der Waals surface area contributed by atoms with E-state index in [9.17, 15) is 19.2 Å². The van der Waals surface area contributed by atoms with Crippen molar-refractivity contribution in [3.63, 3.8) is 0 Å². The Balaban J connectivity index is 0.000000296. The van der Waals surface area contributed by atoms with Crippen LogP contribution in [0.4, 0.5) is 34.1 Å². The molecular formula is C35H33Cl3N6O9S2. The number of thiocarbonyl (C=S) groups is 2. The Kier molecular flexibility index (Phi) is 17.0. The minimum absolute atomic E-state index is 0.0821. The van der Waals surface area contributed by atoms with Gasteiger partial charge in [-0.1, -0.05) is 34.8 Å². The van der Waals surface area contributed by atoms with E-state index in [2.05, 4.69) is 31.9 Å². The number of carbonyl (C=O) groups is 4. The number of carboxylic acids is 2. The topological polar surface area (TPSA) is 209 Å². The normalized spacial score (nSPS) is 10.0. The highest BCUT2D eigenvalue weighted by Gasteiger charge is 2.15. The van der Waals surface area contributed by atoms with Crippen LogP contribution in [0.2, 0.25) is 15.1 Å². The first-order chi connectivity index (χ1) is 26.0. The molecule has 0 aliphatic rings. The summed E-state index contributed by atoms with van der Waals surface area (Å²) >= 11 is 28.8. The van der Waals surface area contributed by atoms with E-state index >= 15 is 0 Å². The largest absolute Gasteiger partial charge is 0.495 e. The molecule has 55 heavy (non-hydrogen) atoms. The quantitative estimate of drug-likeness (QED) is 0.0604. The summed E-state index contributed by atoms with van der Waals surface area (Å²) in [6.07, 6.45) is 0. The van der Waals surface area contributed by atoms with E-state index in [1.165, 1.54) is 45.2 Å². The lowest BCUT2D eigenvalue weighted by molar-refractivity contribution is -0.140. The summed E-state index contributed by atoms with van der Waals surface area (Å²) in [6, 6.07) is 19.9. The molecule has 0 saturated heterocycles. The maximum Gasteiger partial charge on any atom is 0.341 e.